The van der Waals surface area contributed by atoms with Gasteiger partial charge in [-0.15, -0.1) is 10.2 Å². The Hall–Kier alpha value is -1.95. The molecule has 2 atom stereocenters. The highest BCUT2D eigenvalue weighted by Crippen LogP contribution is 2.24. The molecule has 0 amide bonds. The Bertz CT molecular complexity index is 607. The van der Waals surface area contributed by atoms with Gasteiger partial charge < -0.3 is 10.1 Å². The lowest BCUT2D eigenvalue weighted by Gasteiger charge is -2.13. The third kappa shape index (κ3) is 3.05. The van der Waals surface area contributed by atoms with E-state index in [1.807, 2.05) is 36.7 Å². The van der Waals surface area contributed by atoms with Crippen molar-refractivity contribution in [1.82, 2.24) is 20.0 Å². The van der Waals surface area contributed by atoms with E-state index >= 15 is 0 Å². The molecule has 0 spiro atoms. The van der Waals surface area contributed by atoms with Crippen LogP contribution in [0.3, 0.4) is 0 Å². The third-order valence-electron chi connectivity index (χ3n) is 3.95. The predicted octanol–water partition coefficient (Wildman–Crippen LogP) is 2.26. The Balaban J connectivity index is 1.68. The molecule has 2 aromatic heterocycles. The molecule has 1 N–H and O–H groups in total. The highest BCUT2D eigenvalue weighted by Gasteiger charge is 2.24. The molecule has 1 aliphatic rings. The Morgan fingerprint density at radius 1 is 1.24 bits per heavy atom. The lowest BCUT2D eigenvalue weighted by Crippen LogP contribution is -2.18. The van der Waals surface area contributed by atoms with Crippen LogP contribution in [0.15, 0.2) is 18.2 Å². The second kappa shape index (κ2) is 5.81. The van der Waals surface area contributed by atoms with E-state index < -0.39 is 0 Å². The summed E-state index contributed by atoms with van der Waals surface area (Å²) in [6.07, 6.45) is 3.60. The lowest BCUT2D eigenvalue weighted by atomic mass is 10.2. The molecule has 6 nitrogen and oxygen atoms in total. The number of nitrogens with one attached hydrogen (secondary N) is 1. The van der Waals surface area contributed by atoms with Crippen LogP contribution in [0, 0.1) is 13.8 Å². The molecular weight excluding hydrogens is 266 g/mol. The van der Waals surface area contributed by atoms with Crippen molar-refractivity contribution < 1.29 is 4.74 Å². The molecule has 0 radical (unpaired) electrons. The molecular formula is C15H21N5O. The molecule has 21 heavy (non-hydrogen) atoms. The molecule has 1 aliphatic carbocycles. The summed E-state index contributed by atoms with van der Waals surface area (Å²) in [5, 5.41) is 16.4. The summed E-state index contributed by atoms with van der Waals surface area (Å²) < 4.78 is 7.19. The Labute approximate surface area is 124 Å². The first kappa shape index (κ1) is 14.0. The van der Waals surface area contributed by atoms with Crippen molar-refractivity contribution >= 4 is 5.82 Å². The van der Waals surface area contributed by atoms with Gasteiger partial charge in [-0.2, -0.15) is 5.10 Å². The highest BCUT2D eigenvalue weighted by atomic mass is 16.5. The first-order chi connectivity index (χ1) is 10.2. The third-order valence-corrected chi connectivity index (χ3v) is 3.95. The number of aromatic nitrogens is 4. The van der Waals surface area contributed by atoms with Gasteiger partial charge in [0, 0.05) is 18.8 Å². The summed E-state index contributed by atoms with van der Waals surface area (Å²) in [6.45, 7) is 3.98. The maximum atomic E-state index is 5.38. The molecule has 0 aliphatic heterocycles. The molecule has 0 bridgehead atoms. The first-order valence-electron chi connectivity index (χ1n) is 7.32. The van der Waals surface area contributed by atoms with Crippen molar-refractivity contribution in [3.8, 4) is 5.82 Å². The van der Waals surface area contributed by atoms with Gasteiger partial charge in [-0.3, -0.25) is 0 Å². The number of ether oxygens (including phenoxy) is 1. The number of aryl methyl sites for hydroxylation is 2. The predicted molar refractivity (Wildman–Crippen MR) is 80.7 cm³/mol. The van der Waals surface area contributed by atoms with E-state index in [4.69, 9.17) is 4.74 Å². The van der Waals surface area contributed by atoms with Gasteiger partial charge in [0.05, 0.1) is 11.8 Å². The van der Waals surface area contributed by atoms with Gasteiger partial charge >= 0.3 is 0 Å². The van der Waals surface area contributed by atoms with Gasteiger partial charge in [-0.1, -0.05) is 0 Å². The molecule has 112 valence electrons. The van der Waals surface area contributed by atoms with E-state index in [0.29, 0.717) is 12.1 Å². The van der Waals surface area contributed by atoms with Crippen LogP contribution in [0.2, 0.25) is 0 Å². The normalized spacial score (nSPS) is 21.7. The summed E-state index contributed by atoms with van der Waals surface area (Å²) in [7, 11) is 1.77. The molecule has 2 unspecified atom stereocenters. The number of nitrogens with zero attached hydrogens (tertiary/aromatic N) is 4. The molecule has 0 aromatic carbocycles. The van der Waals surface area contributed by atoms with Crippen LogP contribution < -0.4 is 5.32 Å². The van der Waals surface area contributed by atoms with Crippen LogP contribution in [0.1, 0.15) is 30.7 Å². The number of rotatable bonds is 4. The van der Waals surface area contributed by atoms with Crippen LogP contribution in [-0.4, -0.2) is 39.2 Å². The van der Waals surface area contributed by atoms with E-state index in [-0.39, 0.29) is 0 Å². The van der Waals surface area contributed by atoms with Crippen molar-refractivity contribution in [2.75, 3.05) is 12.4 Å². The second-order valence-electron chi connectivity index (χ2n) is 5.63. The van der Waals surface area contributed by atoms with Gasteiger partial charge in [-0.05, 0) is 51.3 Å². The van der Waals surface area contributed by atoms with E-state index in [1.165, 1.54) is 0 Å². The fourth-order valence-corrected chi connectivity index (χ4v) is 2.87. The minimum absolute atomic E-state index is 0.365. The standard InChI is InChI=1S/C15H21N5O/c1-10-8-11(2)20(19-10)15-7-6-14(17-18-15)16-12-4-5-13(9-12)21-3/h6-8,12-13H,4-5,9H2,1-3H3,(H,16,17). The molecule has 1 saturated carbocycles. The van der Waals surface area contributed by atoms with E-state index in [9.17, 15) is 0 Å². The number of hydrogen-bond donors (Lipinski definition) is 1. The number of anilines is 1. The summed E-state index contributed by atoms with van der Waals surface area (Å²) in [6, 6.07) is 6.34. The summed E-state index contributed by atoms with van der Waals surface area (Å²) >= 11 is 0. The maximum Gasteiger partial charge on any atom is 0.176 e. The zero-order chi connectivity index (χ0) is 14.8. The SMILES string of the molecule is COC1CCC(Nc2ccc(-n3nc(C)cc3C)nn2)C1. The Morgan fingerprint density at radius 3 is 2.67 bits per heavy atom. The average molecular weight is 287 g/mol. The quantitative estimate of drug-likeness (QED) is 0.934. The minimum atomic E-state index is 0.365. The smallest absolute Gasteiger partial charge is 0.176 e. The maximum absolute atomic E-state index is 5.38. The van der Waals surface area contributed by atoms with Crippen LogP contribution in [0.5, 0.6) is 0 Å². The minimum Gasteiger partial charge on any atom is -0.381 e. The van der Waals surface area contributed by atoms with Gasteiger partial charge in [-0.25, -0.2) is 4.68 Å². The molecule has 2 heterocycles. The molecule has 6 heteroatoms. The average Bonchev–Trinajstić information content (AvgIpc) is 3.06. The molecule has 0 saturated heterocycles. The first-order valence-corrected chi connectivity index (χ1v) is 7.32. The van der Waals surface area contributed by atoms with E-state index in [2.05, 4.69) is 20.6 Å². The van der Waals surface area contributed by atoms with E-state index in [1.54, 1.807) is 7.11 Å². The van der Waals surface area contributed by atoms with Crippen molar-refractivity contribution in [2.45, 2.75) is 45.3 Å². The van der Waals surface area contributed by atoms with Gasteiger partial charge in [0.15, 0.2) is 5.82 Å². The van der Waals surface area contributed by atoms with Gasteiger partial charge in [0.25, 0.3) is 0 Å². The largest absolute Gasteiger partial charge is 0.381 e. The van der Waals surface area contributed by atoms with Crippen LogP contribution >= 0.6 is 0 Å². The number of hydrogen-bond acceptors (Lipinski definition) is 5. The summed E-state index contributed by atoms with van der Waals surface area (Å²) in [5.41, 5.74) is 2.04. The topological polar surface area (TPSA) is 64.9 Å². The van der Waals surface area contributed by atoms with Crippen molar-refractivity contribution in [2.24, 2.45) is 0 Å². The highest BCUT2D eigenvalue weighted by molar-refractivity contribution is 5.38. The van der Waals surface area contributed by atoms with Gasteiger partial charge in [0.1, 0.15) is 5.82 Å². The van der Waals surface area contributed by atoms with Crippen LogP contribution in [0.25, 0.3) is 5.82 Å². The van der Waals surface area contributed by atoms with Crippen LogP contribution in [-0.2, 0) is 4.74 Å². The van der Waals surface area contributed by atoms with E-state index in [0.717, 1.165) is 42.3 Å². The monoisotopic (exact) mass is 287 g/mol. The summed E-state index contributed by atoms with van der Waals surface area (Å²) in [5.74, 6) is 1.55. The Kier molecular flexibility index (Phi) is 3.88. The van der Waals surface area contributed by atoms with Crippen LogP contribution in [0.4, 0.5) is 5.82 Å². The van der Waals surface area contributed by atoms with Crippen molar-refractivity contribution in [3.05, 3.63) is 29.6 Å². The molecule has 2 aromatic rings. The van der Waals surface area contributed by atoms with Gasteiger partial charge in [0.2, 0.25) is 0 Å². The van der Waals surface area contributed by atoms with Crippen molar-refractivity contribution in [3.63, 3.8) is 0 Å². The van der Waals surface area contributed by atoms with Crippen molar-refractivity contribution in [1.29, 1.82) is 0 Å². The second-order valence-corrected chi connectivity index (χ2v) is 5.63. The molecule has 3 rings (SSSR count). The number of methoxy groups -OCH3 is 1. The fraction of sp³-hybridized carbons (Fsp3) is 0.533. The summed E-state index contributed by atoms with van der Waals surface area (Å²) in [4.78, 5) is 0. The zero-order valence-electron chi connectivity index (χ0n) is 12.7. The zero-order valence-corrected chi connectivity index (χ0v) is 12.7. The fourth-order valence-electron chi connectivity index (χ4n) is 2.87. The Morgan fingerprint density at radius 2 is 2.10 bits per heavy atom. The molecule has 1 fully saturated rings. The lowest BCUT2D eigenvalue weighted by molar-refractivity contribution is 0.108.